The monoisotopic (exact) mass is 219 g/mol. The van der Waals surface area contributed by atoms with Gasteiger partial charge >= 0.3 is 0 Å². The van der Waals surface area contributed by atoms with Gasteiger partial charge in [0, 0.05) is 37.4 Å². The van der Waals surface area contributed by atoms with Gasteiger partial charge in [-0.3, -0.25) is 9.88 Å². The lowest BCUT2D eigenvalue weighted by atomic mass is 9.97. The Labute approximate surface area is 97.9 Å². The molecule has 0 saturated carbocycles. The summed E-state index contributed by atoms with van der Waals surface area (Å²) in [6, 6.07) is 6.69. The topological polar surface area (TPSA) is 28.2 Å². The summed E-state index contributed by atoms with van der Waals surface area (Å²) in [4.78, 5) is 6.91. The van der Waals surface area contributed by atoms with Crippen LogP contribution in [0.25, 0.3) is 0 Å². The Morgan fingerprint density at radius 3 is 3.00 bits per heavy atom. The van der Waals surface area contributed by atoms with E-state index in [2.05, 4.69) is 48.1 Å². The zero-order chi connectivity index (χ0) is 11.6. The van der Waals surface area contributed by atoms with E-state index in [-0.39, 0.29) is 5.54 Å². The molecular formula is C13H21N3. The summed E-state index contributed by atoms with van der Waals surface area (Å²) in [6.45, 7) is 9.88. The van der Waals surface area contributed by atoms with Crippen molar-refractivity contribution in [3.63, 3.8) is 0 Å². The first-order valence-corrected chi connectivity index (χ1v) is 5.96. The van der Waals surface area contributed by atoms with E-state index in [1.807, 2.05) is 12.3 Å². The molecular weight excluding hydrogens is 198 g/mol. The minimum atomic E-state index is 0.212. The molecule has 0 spiro atoms. The Hall–Kier alpha value is -0.930. The highest BCUT2D eigenvalue weighted by Crippen LogP contribution is 2.20. The van der Waals surface area contributed by atoms with Crippen molar-refractivity contribution in [2.75, 3.05) is 13.1 Å². The third-order valence-corrected chi connectivity index (χ3v) is 3.31. The standard InChI is InChI=1S/C13H21N3/c1-11-8-16(13(2,3)10-15-11)9-12-6-4-5-7-14-12/h4-7,11,15H,8-10H2,1-3H3. The molecule has 1 N–H and O–H groups in total. The third kappa shape index (κ3) is 2.60. The van der Waals surface area contributed by atoms with Gasteiger partial charge in [0.2, 0.25) is 0 Å². The molecule has 3 heteroatoms. The molecule has 3 nitrogen and oxygen atoms in total. The van der Waals surface area contributed by atoms with E-state index in [1.165, 1.54) is 0 Å². The summed E-state index contributed by atoms with van der Waals surface area (Å²) in [7, 11) is 0. The first kappa shape index (κ1) is 11.6. The number of piperazine rings is 1. The number of rotatable bonds is 2. The summed E-state index contributed by atoms with van der Waals surface area (Å²) in [5.41, 5.74) is 1.37. The summed E-state index contributed by atoms with van der Waals surface area (Å²) in [5, 5.41) is 3.53. The molecule has 1 atom stereocenters. The van der Waals surface area contributed by atoms with Crippen molar-refractivity contribution in [3.05, 3.63) is 30.1 Å². The van der Waals surface area contributed by atoms with Gasteiger partial charge < -0.3 is 5.32 Å². The summed E-state index contributed by atoms with van der Waals surface area (Å²) in [6.07, 6.45) is 1.87. The van der Waals surface area contributed by atoms with Crippen LogP contribution in [0.2, 0.25) is 0 Å². The highest BCUT2D eigenvalue weighted by Gasteiger charge is 2.32. The number of aromatic nitrogens is 1. The molecule has 1 aliphatic heterocycles. The fourth-order valence-corrected chi connectivity index (χ4v) is 2.14. The second-order valence-electron chi connectivity index (χ2n) is 5.30. The van der Waals surface area contributed by atoms with Crippen LogP contribution in [-0.4, -0.2) is 34.6 Å². The number of nitrogens with zero attached hydrogens (tertiary/aromatic N) is 2. The van der Waals surface area contributed by atoms with Crippen LogP contribution in [0.15, 0.2) is 24.4 Å². The molecule has 0 aliphatic carbocycles. The summed E-state index contributed by atoms with van der Waals surface area (Å²) >= 11 is 0. The molecule has 2 rings (SSSR count). The minimum Gasteiger partial charge on any atom is -0.311 e. The summed E-state index contributed by atoms with van der Waals surface area (Å²) < 4.78 is 0. The molecule has 1 saturated heterocycles. The highest BCUT2D eigenvalue weighted by atomic mass is 15.3. The van der Waals surface area contributed by atoms with Crippen LogP contribution in [-0.2, 0) is 6.54 Å². The fourth-order valence-electron chi connectivity index (χ4n) is 2.14. The molecule has 16 heavy (non-hydrogen) atoms. The molecule has 88 valence electrons. The van der Waals surface area contributed by atoms with Gasteiger partial charge in [-0.05, 0) is 32.9 Å². The Bertz CT molecular complexity index is 334. The minimum absolute atomic E-state index is 0.212. The van der Waals surface area contributed by atoms with Crippen LogP contribution < -0.4 is 5.32 Å². The smallest absolute Gasteiger partial charge is 0.0544 e. The molecule has 1 aliphatic rings. The zero-order valence-corrected chi connectivity index (χ0v) is 10.4. The summed E-state index contributed by atoms with van der Waals surface area (Å²) in [5.74, 6) is 0. The zero-order valence-electron chi connectivity index (χ0n) is 10.4. The van der Waals surface area contributed by atoms with Crippen LogP contribution in [0.1, 0.15) is 26.5 Å². The van der Waals surface area contributed by atoms with Crippen LogP contribution in [0, 0.1) is 0 Å². The van der Waals surface area contributed by atoms with E-state index in [1.54, 1.807) is 0 Å². The van der Waals surface area contributed by atoms with E-state index in [9.17, 15) is 0 Å². The molecule has 0 aromatic carbocycles. The third-order valence-electron chi connectivity index (χ3n) is 3.31. The van der Waals surface area contributed by atoms with Gasteiger partial charge in [-0.15, -0.1) is 0 Å². The maximum Gasteiger partial charge on any atom is 0.0544 e. The maximum absolute atomic E-state index is 4.40. The number of hydrogen-bond acceptors (Lipinski definition) is 3. The van der Waals surface area contributed by atoms with Crippen molar-refractivity contribution < 1.29 is 0 Å². The van der Waals surface area contributed by atoms with Crippen molar-refractivity contribution in [1.82, 2.24) is 15.2 Å². The van der Waals surface area contributed by atoms with Crippen molar-refractivity contribution in [2.45, 2.75) is 38.9 Å². The molecule has 0 radical (unpaired) electrons. The van der Waals surface area contributed by atoms with Gasteiger partial charge in [-0.2, -0.15) is 0 Å². The number of hydrogen-bond donors (Lipinski definition) is 1. The first-order valence-electron chi connectivity index (χ1n) is 5.96. The Morgan fingerprint density at radius 2 is 2.31 bits per heavy atom. The van der Waals surface area contributed by atoms with Crippen molar-refractivity contribution in [3.8, 4) is 0 Å². The molecule has 1 aromatic rings. The normalized spacial score (nSPS) is 25.6. The van der Waals surface area contributed by atoms with E-state index in [0.717, 1.165) is 25.3 Å². The van der Waals surface area contributed by atoms with E-state index < -0.39 is 0 Å². The van der Waals surface area contributed by atoms with Crippen molar-refractivity contribution >= 4 is 0 Å². The Balaban J connectivity index is 2.07. The van der Waals surface area contributed by atoms with Crippen LogP contribution >= 0.6 is 0 Å². The van der Waals surface area contributed by atoms with Crippen LogP contribution in [0.5, 0.6) is 0 Å². The lowest BCUT2D eigenvalue weighted by molar-refractivity contribution is 0.0615. The maximum atomic E-state index is 4.40. The fraction of sp³-hybridized carbons (Fsp3) is 0.615. The SMILES string of the molecule is CC1CN(Cc2ccccn2)C(C)(C)CN1. The van der Waals surface area contributed by atoms with E-state index >= 15 is 0 Å². The Kier molecular flexibility index (Phi) is 3.26. The predicted molar refractivity (Wildman–Crippen MR) is 66.2 cm³/mol. The van der Waals surface area contributed by atoms with E-state index in [4.69, 9.17) is 0 Å². The first-order chi connectivity index (χ1) is 7.58. The quantitative estimate of drug-likeness (QED) is 0.820. The van der Waals surface area contributed by atoms with Crippen LogP contribution in [0.4, 0.5) is 0 Å². The molecule has 1 aromatic heterocycles. The van der Waals surface area contributed by atoms with Crippen molar-refractivity contribution in [1.29, 1.82) is 0 Å². The lowest BCUT2D eigenvalue weighted by Crippen LogP contribution is -2.60. The van der Waals surface area contributed by atoms with Gasteiger partial charge in [0.25, 0.3) is 0 Å². The highest BCUT2D eigenvalue weighted by molar-refractivity contribution is 5.05. The molecule has 2 heterocycles. The van der Waals surface area contributed by atoms with Crippen molar-refractivity contribution in [2.24, 2.45) is 0 Å². The lowest BCUT2D eigenvalue weighted by Gasteiger charge is -2.45. The molecule has 0 bridgehead atoms. The van der Waals surface area contributed by atoms with Gasteiger partial charge in [0.15, 0.2) is 0 Å². The second kappa shape index (κ2) is 4.52. The molecule has 1 fully saturated rings. The molecule has 0 amide bonds. The number of nitrogens with one attached hydrogen (secondary N) is 1. The predicted octanol–water partition coefficient (Wildman–Crippen LogP) is 1.65. The second-order valence-corrected chi connectivity index (χ2v) is 5.30. The average molecular weight is 219 g/mol. The van der Waals surface area contributed by atoms with E-state index in [0.29, 0.717) is 6.04 Å². The Morgan fingerprint density at radius 1 is 1.50 bits per heavy atom. The van der Waals surface area contributed by atoms with Gasteiger partial charge in [-0.1, -0.05) is 6.07 Å². The average Bonchev–Trinajstić information content (AvgIpc) is 2.26. The van der Waals surface area contributed by atoms with Crippen LogP contribution in [0.3, 0.4) is 0 Å². The van der Waals surface area contributed by atoms with Gasteiger partial charge in [-0.25, -0.2) is 0 Å². The largest absolute Gasteiger partial charge is 0.311 e. The van der Waals surface area contributed by atoms with Gasteiger partial charge in [0.05, 0.1) is 5.69 Å². The number of pyridine rings is 1. The van der Waals surface area contributed by atoms with Gasteiger partial charge in [0.1, 0.15) is 0 Å². The molecule has 1 unspecified atom stereocenters.